The number of nitrogen functional groups attached to an aromatic ring is 1. The summed E-state index contributed by atoms with van der Waals surface area (Å²) in [6, 6.07) is 13.7. The van der Waals surface area contributed by atoms with E-state index in [1.54, 1.807) is 19.1 Å². The van der Waals surface area contributed by atoms with Gasteiger partial charge in [0.2, 0.25) is 0 Å². The standard InChI is InChI=1S/C24H28N6O/c1-16-5-4-6-21(17(16)2)29-11-13-30(14-12-29)24-22(25)23(26-15-27-24)28-20-9-7-19(8-10-20)18(3)31/h4-10,15H,11-14,25H2,1-3H3,(H,26,27,28). The molecule has 0 amide bonds. The fraction of sp³-hybridized carbons (Fsp3) is 0.292. The van der Waals surface area contributed by atoms with Crippen molar-refractivity contribution in [3.05, 3.63) is 65.5 Å². The largest absolute Gasteiger partial charge is 0.393 e. The summed E-state index contributed by atoms with van der Waals surface area (Å²) in [6.07, 6.45) is 1.54. The number of hydrogen-bond acceptors (Lipinski definition) is 7. The van der Waals surface area contributed by atoms with Crippen molar-refractivity contribution in [3.8, 4) is 0 Å². The van der Waals surface area contributed by atoms with Crippen LogP contribution in [0.25, 0.3) is 0 Å². The first-order valence-corrected chi connectivity index (χ1v) is 10.5. The lowest BCUT2D eigenvalue weighted by atomic mass is 10.1. The molecule has 3 N–H and O–H groups in total. The van der Waals surface area contributed by atoms with Crippen LogP contribution in [0.4, 0.5) is 28.7 Å². The molecular weight excluding hydrogens is 388 g/mol. The number of ketones is 1. The topological polar surface area (TPSA) is 87.4 Å². The van der Waals surface area contributed by atoms with Gasteiger partial charge >= 0.3 is 0 Å². The van der Waals surface area contributed by atoms with Crippen LogP contribution in [0.15, 0.2) is 48.8 Å². The third kappa shape index (κ3) is 4.30. The van der Waals surface area contributed by atoms with Gasteiger partial charge in [0, 0.05) is 43.1 Å². The fourth-order valence-electron chi connectivity index (χ4n) is 3.90. The number of anilines is 5. The molecule has 0 unspecified atom stereocenters. The van der Waals surface area contributed by atoms with Gasteiger partial charge < -0.3 is 20.9 Å². The van der Waals surface area contributed by atoms with E-state index in [-0.39, 0.29) is 5.78 Å². The lowest BCUT2D eigenvalue weighted by molar-refractivity contribution is 0.101. The van der Waals surface area contributed by atoms with Crippen molar-refractivity contribution in [2.75, 3.05) is 47.0 Å². The van der Waals surface area contributed by atoms with Crippen LogP contribution in [0, 0.1) is 13.8 Å². The lowest BCUT2D eigenvalue weighted by Crippen LogP contribution is -2.47. The number of carbonyl (C=O) groups is 1. The number of carbonyl (C=O) groups excluding carboxylic acids is 1. The number of piperazine rings is 1. The van der Waals surface area contributed by atoms with Crippen LogP contribution in [0.2, 0.25) is 0 Å². The number of nitrogens with two attached hydrogens (primary N) is 1. The Kier molecular flexibility index (Phi) is 5.75. The molecule has 4 rings (SSSR count). The van der Waals surface area contributed by atoms with Crippen molar-refractivity contribution >= 4 is 34.5 Å². The molecule has 31 heavy (non-hydrogen) atoms. The van der Waals surface area contributed by atoms with E-state index in [0.29, 0.717) is 17.1 Å². The maximum absolute atomic E-state index is 11.5. The average molecular weight is 417 g/mol. The van der Waals surface area contributed by atoms with E-state index in [1.165, 1.54) is 23.1 Å². The van der Waals surface area contributed by atoms with Crippen LogP contribution in [-0.4, -0.2) is 41.9 Å². The van der Waals surface area contributed by atoms with Gasteiger partial charge in [0.1, 0.15) is 12.0 Å². The van der Waals surface area contributed by atoms with Gasteiger partial charge in [0.25, 0.3) is 0 Å². The third-order valence-electron chi connectivity index (χ3n) is 5.91. The summed E-state index contributed by atoms with van der Waals surface area (Å²) in [4.78, 5) is 24.9. The highest BCUT2D eigenvalue weighted by atomic mass is 16.1. The van der Waals surface area contributed by atoms with Crippen molar-refractivity contribution in [1.29, 1.82) is 0 Å². The first kappa shape index (κ1) is 20.7. The van der Waals surface area contributed by atoms with Crippen LogP contribution >= 0.6 is 0 Å². The number of benzene rings is 2. The van der Waals surface area contributed by atoms with Gasteiger partial charge in [-0.1, -0.05) is 12.1 Å². The molecule has 0 atom stereocenters. The Morgan fingerprint density at radius 2 is 1.65 bits per heavy atom. The van der Waals surface area contributed by atoms with Gasteiger partial charge in [0.15, 0.2) is 17.4 Å². The quantitative estimate of drug-likeness (QED) is 0.609. The molecule has 0 saturated carbocycles. The van der Waals surface area contributed by atoms with Gasteiger partial charge in [-0.15, -0.1) is 0 Å². The zero-order valence-electron chi connectivity index (χ0n) is 18.2. The number of hydrogen-bond donors (Lipinski definition) is 2. The van der Waals surface area contributed by atoms with Gasteiger partial charge in [-0.3, -0.25) is 4.79 Å². The Labute approximate surface area is 182 Å². The first-order valence-electron chi connectivity index (χ1n) is 10.5. The van der Waals surface area contributed by atoms with Gasteiger partial charge in [0.05, 0.1) is 0 Å². The summed E-state index contributed by atoms with van der Waals surface area (Å²) in [5, 5.41) is 3.24. The predicted octanol–water partition coefficient (Wildman–Crippen LogP) is 3.95. The lowest BCUT2D eigenvalue weighted by Gasteiger charge is -2.38. The normalized spacial score (nSPS) is 13.9. The minimum Gasteiger partial charge on any atom is -0.393 e. The Morgan fingerprint density at radius 3 is 2.32 bits per heavy atom. The van der Waals surface area contributed by atoms with E-state index >= 15 is 0 Å². The van der Waals surface area contributed by atoms with Gasteiger partial charge in [-0.2, -0.15) is 0 Å². The Balaban J connectivity index is 1.47. The molecule has 1 aliphatic heterocycles. The van der Waals surface area contributed by atoms with Crippen molar-refractivity contribution in [2.24, 2.45) is 0 Å². The van der Waals surface area contributed by atoms with Crippen molar-refractivity contribution in [1.82, 2.24) is 9.97 Å². The van der Waals surface area contributed by atoms with Crippen LogP contribution in [0.1, 0.15) is 28.4 Å². The highest BCUT2D eigenvalue weighted by molar-refractivity contribution is 5.94. The second kappa shape index (κ2) is 8.63. The molecule has 160 valence electrons. The Hall–Kier alpha value is -3.61. The second-order valence-corrected chi connectivity index (χ2v) is 7.91. The predicted molar refractivity (Wildman–Crippen MR) is 127 cm³/mol. The van der Waals surface area contributed by atoms with Gasteiger partial charge in [-0.05, 0) is 62.2 Å². The van der Waals surface area contributed by atoms with Crippen LogP contribution in [-0.2, 0) is 0 Å². The maximum Gasteiger partial charge on any atom is 0.159 e. The number of aromatic nitrogens is 2. The Morgan fingerprint density at radius 1 is 0.968 bits per heavy atom. The summed E-state index contributed by atoms with van der Waals surface area (Å²) >= 11 is 0. The molecule has 7 heteroatoms. The molecule has 0 bridgehead atoms. The van der Waals surface area contributed by atoms with Crippen LogP contribution < -0.4 is 20.9 Å². The third-order valence-corrected chi connectivity index (χ3v) is 5.91. The highest BCUT2D eigenvalue weighted by Gasteiger charge is 2.22. The van der Waals surface area contributed by atoms with E-state index in [2.05, 4.69) is 57.1 Å². The summed E-state index contributed by atoms with van der Waals surface area (Å²) in [7, 11) is 0. The molecule has 0 spiro atoms. The monoisotopic (exact) mass is 416 g/mol. The number of nitrogens with zero attached hydrogens (tertiary/aromatic N) is 4. The first-order chi connectivity index (χ1) is 14.9. The molecule has 3 aromatic rings. The van der Waals surface area contributed by atoms with Crippen LogP contribution in [0.3, 0.4) is 0 Å². The number of rotatable bonds is 5. The minimum atomic E-state index is 0.0374. The zero-order valence-corrected chi connectivity index (χ0v) is 18.2. The average Bonchev–Trinajstić information content (AvgIpc) is 2.78. The molecule has 2 aromatic carbocycles. The molecular formula is C24H28N6O. The smallest absolute Gasteiger partial charge is 0.159 e. The molecule has 2 heterocycles. The number of nitrogens with one attached hydrogen (secondary N) is 1. The van der Waals surface area contributed by atoms with Crippen molar-refractivity contribution in [2.45, 2.75) is 20.8 Å². The maximum atomic E-state index is 11.5. The summed E-state index contributed by atoms with van der Waals surface area (Å²) in [5.74, 6) is 1.35. The SMILES string of the molecule is CC(=O)c1ccc(Nc2ncnc(N3CCN(c4cccc(C)c4C)CC3)c2N)cc1. The Bertz CT molecular complexity index is 1090. The summed E-state index contributed by atoms with van der Waals surface area (Å²) in [6.45, 7) is 9.37. The second-order valence-electron chi connectivity index (χ2n) is 7.91. The van der Waals surface area contributed by atoms with Crippen molar-refractivity contribution < 1.29 is 4.79 Å². The molecule has 1 aromatic heterocycles. The summed E-state index contributed by atoms with van der Waals surface area (Å²) in [5.41, 5.74) is 12.4. The molecule has 0 aliphatic carbocycles. The van der Waals surface area contributed by atoms with Crippen molar-refractivity contribution in [3.63, 3.8) is 0 Å². The molecule has 1 saturated heterocycles. The van der Waals surface area contributed by atoms with E-state index < -0.39 is 0 Å². The zero-order chi connectivity index (χ0) is 22.0. The van der Waals surface area contributed by atoms with E-state index in [0.717, 1.165) is 37.7 Å². The molecule has 7 nitrogen and oxygen atoms in total. The minimum absolute atomic E-state index is 0.0374. The molecule has 1 fully saturated rings. The summed E-state index contributed by atoms with van der Waals surface area (Å²) < 4.78 is 0. The van der Waals surface area contributed by atoms with Gasteiger partial charge in [-0.25, -0.2) is 9.97 Å². The number of aryl methyl sites for hydroxylation is 1. The van der Waals surface area contributed by atoms with E-state index in [4.69, 9.17) is 5.73 Å². The molecule has 1 aliphatic rings. The molecule has 0 radical (unpaired) electrons. The fourth-order valence-corrected chi connectivity index (χ4v) is 3.90. The van der Waals surface area contributed by atoms with Crippen LogP contribution in [0.5, 0.6) is 0 Å². The van der Waals surface area contributed by atoms with E-state index in [9.17, 15) is 4.79 Å². The highest BCUT2D eigenvalue weighted by Crippen LogP contribution is 2.30. The van der Waals surface area contributed by atoms with E-state index in [1.807, 2.05) is 12.1 Å². The number of Topliss-reactive ketones (excluding diaryl/α,β-unsaturated/α-hetero) is 1.